The predicted molar refractivity (Wildman–Crippen MR) is 167 cm³/mol. The molecule has 0 aromatic rings. The lowest BCUT2D eigenvalue weighted by atomic mass is 9.96. The number of hydrogen-bond acceptors (Lipinski definition) is 7. The van der Waals surface area contributed by atoms with Crippen LogP contribution in [0.15, 0.2) is 112 Å². The Morgan fingerprint density at radius 3 is 1.67 bits per heavy atom. The average molecular weight is 565 g/mol. The van der Waals surface area contributed by atoms with Gasteiger partial charge in [-0.15, -0.1) is 0 Å². The number of nitrogens with zero attached hydrogens (tertiary/aromatic N) is 4. The minimum absolute atomic E-state index is 0.0551. The molecule has 8 nitrogen and oxygen atoms in total. The molecule has 0 aromatic carbocycles. The van der Waals surface area contributed by atoms with Gasteiger partial charge in [0.25, 0.3) is 0 Å². The van der Waals surface area contributed by atoms with E-state index in [0.717, 1.165) is 69.2 Å². The quantitative estimate of drug-likeness (QED) is 0.340. The molecule has 0 unspecified atom stereocenters. The number of ether oxygens (including phenoxy) is 1. The smallest absolute Gasteiger partial charge is 0.340 e. The Morgan fingerprint density at radius 1 is 0.667 bits per heavy atom. The molecule has 216 valence electrons. The van der Waals surface area contributed by atoms with E-state index in [1.54, 1.807) is 0 Å². The molecule has 5 heterocycles. The standard InChI is InChI=1S/C34H36N4O4/c1-8-21-17(3)24-13-25-19(5)23(11-10-12-32(39)40)30(37-25)16-31-33(34(41)42-7)20(6)27(38-31)15-29-22(9-2)18(4)26(36-29)14-28(21)35-24/h13-16H,8-12H2,1-7H3,(H,39,40). The molecule has 8 heteroatoms. The molecule has 0 aliphatic carbocycles. The molecule has 5 aliphatic heterocycles. The third-order valence-corrected chi connectivity index (χ3v) is 8.42. The average Bonchev–Trinajstić information content (AvgIpc) is 3.61. The lowest BCUT2D eigenvalue weighted by Gasteiger charge is -2.07. The van der Waals surface area contributed by atoms with Gasteiger partial charge in [0.1, 0.15) is 0 Å². The number of rotatable bonds is 7. The fourth-order valence-corrected chi connectivity index (χ4v) is 6.00. The van der Waals surface area contributed by atoms with Gasteiger partial charge in [0.15, 0.2) is 0 Å². The van der Waals surface area contributed by atoms with Gasteiger partial charge >= 0.3 is 11.9 Å². The maximum Gasteiger partial charge on any atom is 0.340 e. The number of carbonyl (C=O) groups excluding carboxylic acids is 1. The van der Waals surface area contributed by atoms with E-state index in [2.05, 4.69) is 33.8 Å². The van der Waals surface area contributed by atoms with E-state index in [9.17, 15) is 14.7 Å². The lowest BCUT2D eigenvalue weighted by Crippen LogP contribution is -2.09. The van der Waals surface area contributed by atoms with Gasteiger partial charge in [-0.25, -0.2) is 24.8 Å². The van der Waals surface area contributed by atoms with Crippen LogP contribution in [0.25, 0.3) is 0 Å². The molecule has 0 spiro atoms. The number of esters is 1. The highest BCUT2D eigenvalue weighted by atomic mass is 16.5. The molecule has 0 fully saturated rings. The van der Waals surface area contributed by atoms with Crippen molar-refractivity contribution in [2.24, 2.45) is 20.0 Å². The molecule has 0 amide bonds. The summed E-state index contributed by atoms with van der Waals surface area (Å²) in [6.07, 6.45) is 10.5. The second-order valence-electron chi connectivity index (χ2n) is 10.9. The molecule has 0 aromatic heterocycles. The summed E-state index contributed by atoms with van der Waals surface area (Å²) in [4.78, 5) is 44.2. The van der Waals surface area contributed by atoms with E-state index in [0.29, 0.717) is 41.1 Å². The number of carboxylic acid groups (broad SMARTS) is 1. The first-order valence-corrected chi connectivity index (χ1v) is 14.4. The van der Waals surface area contributed by atoms with E-state index in [1.807, 2.05) is 32.1 Å². The zero-order valence-electron chi connectivity index (χ0n) is 25.3. The third-order valence-electron chi connectivity index (χ3n) is 8.42. The summed E-state index contributed by atoms with van der Waals surface area (Å²) in [6, 6.07) is 0. The van der Waals surface area contributed by atoms with Crippen LogP contribution in [0.2, 0.25) is 0 Å². The van der Waals surface area contributed by atoms with Crippen LogP contribution in [0.5, 0.6) is 0 Å². The lowest BCUT2D eigenvalue weighted by molar-refractivity contribution is -0.137. The highest BCUT2D eigenvalue weighted by Gasteiger charge is 2.31. The van der Waals surface area contributed by atoms with Crippen LogP contribution in [0.3, 0.4) is 0 Å². The summed E-state index contributed by atoms with van der Waals surface area (Å²) in [6.45, 7) is 12.3. The normalized spacial score (nSPS) is 19.9. The number of hydrogen-bond donors (Lipinski definition) is 1. The van der Waals surface area contributed by atoms with Gasteiger partial charge in [-0.1, -0.05) is 13.8 Å². The van der Waals surface area contributed by atoms with E-state index in [1.165, 1.54) is 12.7 Å². The van der Waals surface area contributed by atoms with Crippen LogP contribution in [0.1, 0.15) is 73.6 Å². The molecule has 1 N–H and O–H groups in total. The summed E-state index contributed by atoms with van der Waals surface area (Å²) in [5, 5.41) is 9.26. The molecule has 0 atom stereocenters. The van der Waals surface area contributed by atoms with Gasteiger partial charge in [-0.3, -0.25) is 4.79 Å². The van der Waals surface area contributed by atoms with Crippen LogP contribution in [0.4, 0.5) is 0 Å². The molecule has 0 saturated heterocycles. The Balaban J connectivity index is 1.77. The number of aliphatic carboxylic acids is 1. The van der Waals surface area contributed by atoms with E-state index < -0.39 is 11.9 Å². The summed E-state index contributed by atoms with van der Waals surface area (Å²) in [5.74, 6) is -1.31. The topological polar surface area (TPSA) is 113 Å². The van der Waals surface area contributed by atoms with Crippen LogP contribution in [0, 0.1) is 0 Å². The van der Waals surface area contributed by atoms with Gasteiger partial charge < -0.3 is 9.84 Å². The number of aliphatic imine (C=N–C) groups is 4. The minimum Gasteiger partial charge on any atom is -0.481 e. The largest absolute Gasteiger partial charge is 0.481 e. The van der Waals surface area contributed by atoms with Gasteiger partial charge in [0.05, 0.1) is 58.3 Å². The van der Waals surface area contributed by atoms with Gasteiger partial charge in [-0.05, 0) is 117 Å². The molecule has 0 radical (unpaired) electrons. The Labute approximate surface area is 246 Å². The maximum atomic E-state index is 13.0. The van der Waals surface area contributed by atoms with E-state index in [4.69, 9.17) is 24.7 Å². The van der Waals surface area contributed by atoms with Crippen molar-refractivity contribution in [2.45, 2.75) is 73.6 Å². The number of carboxylic acids is 1. The van der Waals surface area contributed by atoms with Gasteiger partial charge in [0, 0.05) is 6.42 Å². The predicted octanol–water partition coefficient (Wildman–Crippen LogP) is 6.87. The monoisotopic (exact) mass is 564 g/mol. The van der Waals surface area contributed by atoms with Crippen molar-refractivity contribution in [3.05, 3.63) is 91.7 Å². The molecule has 42 heavy (non-hydrogen) atoms. The van der Waals surface area contributed by atoms with Crippen molar-refractivity contribution in [1.82, 2.24) is 0 Å². The molecule has 5 aliphatic rings. The number of allylic oxidation sites excluding steroid dienone is 11. The second-order valence-corrected chi connectivity index (χ2v) is 10.9. The fraction of sp³-hybridized carbons (Fsp3) is 0.353. The first-order valence-electron chi connectivity index (χ1n) is 14.4. The van der Waals surface area contributed by atoms with E-state index in [-0.39, 0.29) is 6.42 Å². The molecular formula is C34H36N4O4. The molecule has 8 bridgehead atoms. The first kappa shape index (κ1) is 29.0. The molecule has 0 saturated carbocycles. The fourth-order valence-electron chi connectivity index (χ4n) is 6.00. The van der Waals surface area contributed by atoms with Crippen molar-refractivity contribution < 1.29 is 19.4 Å². The second kappa shape index (κ2) is 11.4. The summed E-state index contributed by atoms with van der Waals surface area (Å²) in [7, 11) is 1.36. The molecular weight excluding hydrogens is 528 g/mol. The minimum atomic E-state index is -0.838. The van der Waals surface area contributed by atoms with Crippen molar-refractivity contribution >= 4 is 34.8 Å². The first-order chi connectivity index (χ1) is 20.1. The van der Waals surface area contributed by atoms with Gasteiger partial charge in [-0.2, -0.15) is 0 Å². The third kappa shape index (κ3) is 5.06. The van der Waals surface area contributed by atoms with Gasteiger partial charge in [0.2, 0.25) is 0 Å². The Bertz CT molecular complexity index is 1710. The van der Waals surface area contributed by atoms with Crippen LogP contribution in [-0.2, 0) is 14.3 Å². The zero-order valence-corrected chi connectivity index (χ0v) is 25.3. The SMILES string of the molecule is CCC1=C(C)C2=NC1=CC1=NC(=CC3=NC(=CC4=NC(=C2)C(C)=C4CCCC(=O)O)C(C(=O)OC)=C3C)C(CC)=C1C. The van der Waals surface area contributed by atoms with Crippen LogP contribution < -0.4 is 0 Å². The highest BCUT2D eigenvalue weighted by Crippen LogP contribution is 2.37. The van der Waals surface area contributed by atoms with Crippen molar-refractivity contribution in [1.29, 1.82) is 0 Å². The van der Waals surface area contributed by atoms with E-state index >= 15 is 0 Å². The van der Waals surface area contributed by atoms with Crippen molar-refractivity contribution in [3.8, 4) is 0 Å². The summed E-state index contributed by atoms with van der Waals surface area (Å²) < 4.78 is 5.16. The van der Waals surface area contributed by atoms with Crippen molar-refractivity contribution in [2.75, 3.05) is 7.11 Å². The zero-order chi connectivity index (χ0) is 30.3. The molecule has 5 rings (SSSR count). The van der Waals surface area contributed by atoms with Crippen LogP contribution >= 0.6 is 0 Å². The summed E-state index contributed by atoms with van der Waals surface area (Å²) >= 11 is 0. The number of carbonyl (C=O) groups is 2. The maximum absolute atomic E-state index is 13.0. The highest BCUT2D eigenvalue weighted by molar-refractivity contribution is 6.22. The Kier molecular flexibility index (Phi) is 7.91. The Hall–Kier alpha value is -4.46. The number of fused-ring (bicyclic) bond motifs is 4. The van der Waals surface area contributed by atoms with Crippen molar-refractivity contribution in [3.63, 3.8) is 0 Å². The van der Waals surface area contributed by atoms with Crippen LogP contribution in [-0.4, -0.2) is 47.0 Å². The number of methoxy groups -OCH3 is 1. The summed E-state index contributed by atoms with van der Waals surface area (Å²) in [5.41, 5.74) is 13.5. The Morgan fingerprint density at radius 2 is 1.14 bits per heavy atom.